The van der Waals surface area contributed by atoms with Gasteiger partial charge in [-0.2, -0.15) is 0 Å². The summed E-state index contributed by atoms with van der Waals surface area (Å²) in [6, 6.07) is 6.59. The third kappa shape index (κ3) is 5.35. The van der Waals surface area contributed by atoms with Gasteiger partial charge in [-0.3, -0.25) is 0 Å². The number of carbonyl (C=O) groups excluding carboxylic acids is 1. The molecule has 1 heterocycles. The zero-order valence-electron chi connectivity index (χ0n) is 11.9. The minimum atomic E-state index is -3.53. The average molecular weight is 311 g/mol. The molecule has 1 saturated heterocycles. The minimum Gasteiger partial charge on any atom is -0.325 e. The van der Waals surface area contributed by atoms with E-state index in [0.29, 0.717) is 11.3 Å². The molecule has 7 heteroatoms. The first-order chi connectivity index (χ1) is 9.94. The number of rotatable bonds is 3. The molecule has 1 aliphatic heterocycles. The fourth-order valence-corrected chi connectivity index (χ4v) is 3.05. The van der Waals surface area contributed by atoms with Crippen molar-refractivity contribution in [2.24, 2.45) is 5.14 Å². The standard InChI is InChI=1S/C14H21N3O3S/c15-21(19,20)11-12-5-7-13(8-6-12)16-14(18)17-9-3-1-2-4-10-17/h5-8H,1-4,9-11H2,(H,16,18)(H2,15,19,20). The van der Waals surface area contributed by atoms with E-state index in [-0.39, 0.29) is 11.8 Å². The molecule has 0 bridgehead atoms. The lowest BCUT2D eigenvalue weighted by Gasteiger charge is -2.20. The number of sulfonamides is 1. The Morgan fingerprint density at radius 3 is 2.19 bits per heavy atom. The average Bonchev–Trinajstić information content (AvgIpc) is 2.68. The molecule has 0 aliphatic carbocycles. The van der Waals surface area contributed by atoms with Crippen molar-refractivity contribution >= 4 is 21.7 Å². The zero-order chi connectivity index (χ0) is 15.3. The SMILES string of the molecule is NS(=O)(=O)Cc1ccc(NC(=O)N2CCCCCC2)cc1. The maximum Gasteiger partial charge on any atom is 0.321 e. The molecule has 0 saturated carbocycles. The van der Waals surface area contributed by atoms with Gasteiger partial charge >= 0.3 is 6.03 Å². The Labute approximate surface area is 125 Å². The maximum absolute atomic E-state index is 12.1. The predicted octanol–water partition coefficient (Wildman–Crippen LogP) is 1.88. The van der Waals surface area contributed by atoms with Gasteiger partial charge < -0.3 is 10.2 Å². The Bertz CT molecular complexity index is 576. The van der Waals surface area contributed by atoms with Gasteiger partial charge in [-0.25, -0.2) is 18.4 Å². The molecule has 0 spiro atoms. The van der Waals surface area contributed by atoms with E-state index >= 15 is 0 Å². The van der Waals surface area contributed by atoms with Crippen molar-refractivity contribution in [2.45, 2.75) is 31.4 Å². The summed E-state index contributed by atoms with van der Waals surface area (Å²) >= 11 is 0. The minimum absolute atomic E-state index is 0.101. The van der Waals surface area contributed by atoms with Gasteiger partial charge in [0.05, 0.1) is 5.75 Å². The summed E-state index contributed by atoms with van der Waals surface area (Å²) in [6.45, 7) is 1.57. The van der Waals surface area contributed by atoms with E-state index in [0.717, 1.165) is 25.9 Å². The normalized spacial score (nSPS) is 16.3. The highest BCUT2D eigenvalue weighted by Crippen LogP contribution is 2.14. The summed E-state index contributed by atoms with van der Waals surface area (Å²) < 4.78 is 22.0. The van der Waals surface area contributed by atoms with Crippen LogP contribution >= 0.6 is 0 Å². The molecule has 21 heavy (non-hydrogen) atoms. The molecule has 2 rings (SSSR count). The van der Waals surface area contributed by atoms with Crippen molar-refractivity contribution < 1.29 is 13.2 Å². The van der Waals surface area contributed by atoms with E-state index in [1.807, 2.05) is 4.90 Å². The van der Waals surface area contributed by atoms with Gasteiger partial charge in [-0.15, -0.1) is 0 Å². The molecule has 1 aromatic carbocycles. The van der Waals surface area contributed by atoms with E-state index in [2.05, 4.69) is 5.32 Å². The summed E-state index contributed by atoms with van der Waals surface area (Å²) in [5.41, 5.74) is 1.26. The van der Waals surface area contributed by atoms with Gasteiger partial charge in [0, 0.05) is 18.8 Å². The number of carbonyl (C=O) groups is 1. The second kappa shape index (κ2) is 6.91. The van der Waals surface area contributed by atoms with Crippen LogP contribution in [0, 0.1) is 0 Å². The molecule has 6 nitrogen and oxygen atoms in total. The largest absolute Gasteiger partial charge is 0.325 e. The second-order valence-electron chi connectivity index (χ2n) is 5.34. The highest BCUT2D eigenvalue weighted by atomic mass is 32.2. The van der Waals surface area contributed by atoms with Crippen molar-refractivity contribution in [3.8, 4) is 0 Å². The van der Waals surface area contributed by atoms with Crippen molar-refractivity contribution in [1.82, 2.24) is 4.90 Å². The Morgan fingerprint density at radius 1 is 1.10 bits per heavy atom. The number of hydrogen-bond donors (Lipinski definition) is 2. The molecule has 1 aromatic rings. The van der Waals surface area contributed by atoms with Crippen LogP contribution in [0.5, 0.6) is 0 Å². The molecular weight excluding hydrogens is 290 g/mol. The van der Waals surface area contributed by atoms with Gasteiger partial charge in [0.15, 0.2) is 0 Å². The lowest BCUT2D eigenvalue weighted by Crippen LogP contribution is -2.35. The first-order valence-electron chi connectivity index (χ1n) is 7.09. The van der Waals surface area contributed by atoms with Crippen molar-refractivity contribution in [2.75, 3.05) is 18.4 Å². The van der Waals surface area contributed by atoms with E-state index in [1.165, 1.54) is 12.8 Å². The highest BCUT2D eigenvalue weighted by Gasteiger charge is 2.15. The van der Waals surface area contributed by atoms with Gasteiger partial charge in [0.2, 0.25) is 10.0 Å². The number of likely N-dealkylation sites (tertiary alicyclic amines) is 1. The monoisotopic (exact) mass is 311 g/mol. The molecular formula is C14H21N3O3S. The molecule has 1 fully saturated rings. The van der Waals surface area contributed by atoms with Crippen LogP contribution in [0.2, 0.25) is 0 Å². The summed E-state index contributed by atoms with van der Waals surface area (Å²) in [4.78, 5) is 14.0. The summed E-state index contributed by atoms with van der Waals surface area (Å²) in [5, 5.41) is 7.83. The van der Waals surface area contributed by atoms with Crippen molar-refractivity contribution in [3.63, 3.8) is 0 Å². The van der Waals surface area contributed by atoms with Gasteiger partial charge in [-0.05, 0) is 30.5 Å². The molecule has 0 atom stereocenters. The number of benzene rings is 1. The van der Waals surface area contributed by atoms with Crippen LogP contribution in [-0.4, -0.2) is 32.4 Å². The highest BCUT2D eigenvalue weighted by molar-refractivity contribution is 7.88. The lowest BCUT2D eigenvalue weighted by molar-refractivity contribution is 0.214. The fraction of sp³-hybridized carbons (Fsp3) is 0.500. The van der Waals surface area contributed by atoms with E-state index in [4.69, 9.17) is 5.14 Å². The molecule has 1 aliphatic rings. The third-order valence-corrected chi connectivity index (χ3v) is 4.20. The Kier molecular flexibility index (Phi) is 5.19. The molecule has 0 aromatic heterocycles. The number of anilines is 1. The van der Waals surface area contributed by atoms with Gasteiger partial charge in [-0.1, -0.05) is 25.0 Å². The molecule has 0 unspecified atom stereocenters. The van der Waals surface area contributed by atoms with Gasteiger partial charge in [0.25, 0.3) is 0 Å². The predicted molar refractivity (Wildman–Crippen MR) is 82.3 cm³/mol. The summed E-state index contributed by atoms with van der Waals surface area (Å²) in [6.07, 6.45) is 4.43. The van der Waals surface area contributed by atoms with Crippen LogP contribution in [0.25, 0.3) is 0 Å². The number of nitrogens with zero attached hydrogens (tertiary/aromatic N) is 1. The first-order valence-corrected chi connectivity index (χ1v) is 8.81. The number of amides is 2. The Balaban J connectivity index is 1.94. The molecule has 0 radical (unpaired) electrons. The Hall–Kier alpha value is -1.60. The van der Waals surface area contributed by atoms with Crippen LogP contribution < -0.4 is 10.5 Å². The molecule has 116 valence electrons. The van der Waals surface area contributed by atoms with Crippen LogP contribution in [0.4, 0.5) is 10.5 Å². The third-order valence-electron chi connectivity index (χ3n) is 3.47. The van der Waals surface area contributed by atoms with Crippen LogP contribution in [0.15, 0.2) is 24.3 Å². The number of nitrogens with one attached hydrogen (secondary N) is 1. The van der Waals surface area contributed by atoms with Gasteiger partial charge in [0.1, 0.15) is 0 Å². The number of nitrogens with two attached hydrogens (primary N) is 1. The summed E-state index contributed by atoms with van der Waals surface area (Å²) in [7, 11) is -3.53. The number of urea groups is 1. The van der Waals surface area contributed by atoms with E-state index in [1.54, 1.807) is 24.3 Å². The molecule has 2 amide bonds. The van der Waals surface area contributed by atoms with Crippen molar-refractivity contribution in [1.29, 1.82) is 0 Å². The summed E-state index contributed by atoms with van der Waals surface area (Å²) in [5.74, 6) is -0.201. The van der Waals surface area contributed by atoms with E-state index < -0.39 is 10.0 Å². The zero-order valence-corrected chi connectivity index (χ0v) is 12.7. The van der Waals surface area contributed by atoms with Crippen LogP contribution in [0.3, 0.4) is 0 Å². The van der Waals surface area contributed by atoms with Crippen molar-refractivity contribution in [3.05, 3.63) is 29.8 Å². The van der Waals surface area contributed by atoms with Crippen LogP contribution in [-0.2, 0) is 15.8 Å². The lowest BCUT2D eigenvalue weighted by atomic mass is 10.2. The number of hydrogen-bond acceptors (Lipinski definition) is 3. The second-order valence-corrected chi connectivity index (χ2v) is 6.95. The maximum atomic E-state index is 12.1. The van der Waals surface area contributed by atoms with Crippen LogP contribution in [0.1, 0.15) is 31.2 Å². The smallest absolute Gasteiger partial charge is 0.321 e. The molecule has 3 N–H and O–H groups in total. The van der Waals surface area contributed by atoms with E-state index in [9.17, 15) is 13.2 Å². The first kappa shape index (κ1) is 15.8. The Morgan fingerprint density at radius 2 is 1.67 bits per heavy atom. The number of primary sulfonamides is 1. The fourth-order valence-electron chi connectivity index (χ4n) is 2.39. The topological polar surface area (TPSA) is 92.5 Å². The quantitative estimate of drug-likeness (QED) is 0.892.